The van der Waals surface area contributed by atoms with Crippen molar-refractivity contribution in [2.75, 3.05) is 20.3 Å². The number of nitrogens with zero attached hydrogens (tertiary/aromatic N) is 1. The van der Waals surface area contributed by atoms with Gasteiger partial charge in [0.2, 0.25) is 0 Å². The summed E-state index contributed by atoms with van der Waals surface area (Å²) in [7, 11) is 1.52. The third-order valence-electron chi connectivity index (χ3n) is 3.05. The lowest BCUT2D eigenvalue weighted by Crippen LogP contribution is -2.27. The molecule has 1 aromatic heterocycles. The second-order valence-corrected chi connectivity index (χ2v) is 5.61. The molecule has 25 heavy (non-hydrogen) atoms. The van der Waals surface area contributed by atoms with Crippen LogP contribution in [0.1, 0.15) is 16.1 Å². The summed E-state index contributed by atoms with van der Waals surface area (Å²) >= 11 is 3.18. The molecule has 2 aromatic rings. The van der Waals surface area contributed by atoms with Crippen LogP contribution in [0.25, 0.3) is 0 Å². The summed E-state index contributed by atoms with van der Waals surface area (Å²) in [6.07, 6.45) is -4.40. The number of halogens is 4. The molecule has 0 aliphatic carbocycles. The minimum absolute atomic E-state index is 0.169. The Bertz CT molecular complexity index is 736. The van der Waals surface area contributed by atoms with E-state index in [1.165, 1.54) is 31.4 Å². The second kappa shape index (κ2) is 8.30. The first-order valence-electron chi connectivity index (χ1n) is 7.10. The van der Waals surface area contributed by atoms with E-state index >= 15 is 0 Å². The van der Waals surface area contributed by atoms with Crippen molar-refractivity contribution in [3.8, 4) is 11.5 Å². The molecule has 0 aliphatic heterocycles. The number of carbonyl (C=O) groups excluding carboxylic acids is 1. The molecule has 1 N–H and O–H groups in total. The number of ether oxygens (including phenoxy) is 2. The van der Waals surface area contributed by atoms with Gasteiger partial charge in [0.15, 0.2) is 5.75 Å². The molecule has 1 heterocycles. The minimum atomic E-state index is -4.40. The summed E-state index contributed by atoms with van der Waals surface area (Å²) in [5, 5.41) is 2.62. The molecule has 0 saturated heterocycles. The zero-order valence-electron chi connectivity index (χ0n) is 13.1. The summed E-state index contributed by atoms with van der Waals surface area (Å²) < 4.78 is 48.2. The van der Waals surface area contributed by atoms with Crippen LogP contribution in [0, 0.1) is 0 Å². The van der Waals surface area contributed by atoms with E-state index in [1.54, 1.807) is 0 Å². The number of amides is 1. The molecule has 1 aromatic carbocycles. The van der Waals surface area contributed by atoms with Crippen molar-refractivity contribution < 1.29 is 27.4 Å². The van der Waals surface area contributed by atoms with Crippen LogP contribution < -0.4 is 10.1 Å². The van der Waals surface area contributed by atoms with Gasteiger partial charge in [-0.15, -0.1) is 0 Å². The SMILES string of the molecule is COCCNC(=O)c1ccc(Oc2ccc(C(F)(F)F)cc2)c(Br)n1. The van der Waals surface area contributed by atoms with Crippen molar-refractivity contribution in [3.05, 3.63) is 52.3 Å². The smallest absolute Gasteiger partial charge is 0.416 e. The number of hydrogen-bond donors (Lipinski definition) is 1. The number of pyridine rings is 1. The van der Waals surface area contributed by atoms with Crippen LogP contribution in [0.5, 0.6) is 11.5 Å². The molecule has 0 spiro atoms. The zero-order valence-corrected chi connectivity index (χ0v) is 14.6. The average Bonchev–Trinajstić information content (AvgIpc) is 2.56. The van der Waals surface area contributed by atoms with Crippen molar-refractivity contribution >= 4 is 21.8 Å². The first-order chi connectivity index (χ1) is 11.8. The summed E-state index contributed by atoms with van der Waals surface area (Å²) in [6.45, 7) is 0.723. The topological polar surface area (TPSA) is 60.5 Å². The maximum Gasteiger partial charge on any atom is 0.416 e. The standard InChI is InChI=1S/C16H14BrF3N2O3/c1-24-9-8-21-15(23)12-6-7-13(14(17)22-12)25-11-4-2-10(3-5-11)16(18,19)20/h2-7H,8-9H2,1H3,(H,21,23). The minimum Gasteiger partial charge on any atom is -0.455 e. The second-order valence-electron chi connectivity index (χ2n) is 4.86. The molecule has 1 amide bonds. The molecule has 9 heteroatoms. The Hall–Kier alpha value is -2.13. The van der Waals surface area contributed by atoms with Crippen LogP contribution in [0.2, 0.25) is 0 Å². The molecule has 0 aliphatic rings. The van der Waals surface area contributed by atoms with Gasteiger partial charge in [0, 0.05) is 13.7 Å². The molecule has 0 unspecified atom stereocenters. The lowest BCUT2D eigenvalue weighted by molar-refractivity contribution is -0.137. The molecular weight excluding hydrogens is 405 g/mol. The van der Waals surface area contributed by atoms with Crippen molar-refractivity contribution in [3.63, 3.8) is 0 Å². The fourth-order valence-corrected chi connectivity index (χ4v) is 2.22. The van der Waals surface area contributed by atoms with Gasteiger partial charge in [-0.05, 0) is 52.3 Å². The van der Waals surface area contributed by atoms with E-state index in [4.69, 9.17) is 9.47 Å². The molecule has 0 atom stereocenters. The van der Waals surface area contributed by atoms with Gasteiger partial charge >= 0.3 is 6.18 Å². The number of hydrogen-bond acceptors (Lipinski definition) is 4. The fraction of sp³-hybridized carbons (Fsp3) is 0.250. The Labute approximate surface area is 150 Å². The number of nitrogens with one attached hydrogen (secondary N) is 1. The van der Waals surface area contributed by atoms with E-state index < -0.39 is 11.7 Å². The van der Waals surface area contributed by atoms with Crippen LogP contribution in [0.4, 0.5) is 13.2 Å². The highest BCUT2D eigenvalue weighted by Crippen LogP contribution is 2.32. The van der Waals surface area contributed by atoms with Gasteiger partial charge in [-0.2, -0.15) is 13.2 Å². The number of alkyl halides is 3. The number of aromatic nitrogens is 1. The van der Waals surface area contributed by atoms with Gasteiger partial charge in [0.25, 0.3) is 5.91 Å². The molecular formula is C16H14BrF3N2O3. The largest absolute Gasteiger partial charge is 0.455 e. The average molecular weight is 419 g/mol. The van der Waals surface area contributed by atoms with Crippen LogP contribution in [-0.2, 0) is 10.9 Å². The normalized spacial score (nSPS) is 11.2. The van der Waals surface area contributed by atoms with E-state index in [0.717, 1.165) is 12.1 Å². The predicted molar refractivity (Wildman–Crippen MR) is 87.7 cm³/mol. The lowest BCUT2D eigenvalue weighted by Gasteiger charge is -2.10. The van der Waals surface area contributed by atoms with Crippen LogP contribution in [-0.4, -0.2) is 31.2 Å². The number of methoxy groups -OCH3 is 1. The third kappa shape index (κ3) is 5.43. The Kier molecular flexibility index (Phi) is 6.38. The third-order valence-corrected chi connectivity index (χ3v) is 3.62. The molecule has 2 rings (SSSR count). The highest BCUT2D eigenvalue weighted by atomic mass is 79.9. The summed E-state index contributed by atoms with van der Waals surface area (Å²) in [5.74, 6) is 0.111. The number of carbonyl (C=O) groups is 1. The van der Waals surface area contributed by atoms with Gasteiger partial charge in [-0.25, -0.2) is 4.98 Å². The first-order valence-corrected chi connectivity index (χ1v) is 7.89. The monoisotopic (exact) mass is 418 g/mol. The maximum absolute atomic E-state index is 12.5. The fourth-order valence-electron chi connectivity index (χ4n) is 1.82. The maximum atomic E-state index is 12.5. The van der Waals surface area contributed by atoms with Crippen molar-refractivity contribution in [2.45, 2.75) is 6.18 Å². The van der Waals surface area contributed by atoms with Crippen LogP contribution in [0.3, 0.4) is 0 Å². The van der Waals surface area contributed by atoms with Gasteiger partial charge in [-0.1, -0.05) is 0 Å². The van der Waals surface area contributed by atoms with E-state index in [9.17, 15) is 18.0 Å². The quantitative estimate of drug-likeness (QED) is 0.568. The molecule has 134 valence electrons. The summed E-state index contributed by atoms with van der Waals surface area (Å²) in [4.78, 5) is 15.9. The number of benzene rings is 1. The van der Waals surface area contributed by atoms with E-state index in [0.29, 0.717) is 13.2 Å². The molecule has 0 saturated carbocycles. The number of rotatable bonds is 6. The highest BCUT2D eigenvalue weighted by molar-refractivity contribution is 9.10. The van der Waals surface area contributed by atoms with Gasteiger partial charge in [-0.3, -0.25) is 4.79 Å². The van der Waals surface area contributed by atoms with Crippen LogP contribution >= 0.6 is 15.9 Å². The lowest BCUT2D eigenvalue weighted by atomic mass is 10.2. The Balaban J connectivity index is 2.07. The van der Waals surface area contributed by atoms with Crippen molar-refractivity contribution in [1.29, 1.82) is 0 Å². The molecule has 0 fully saturated rings. The molecule has 5 nitrogen and oxygen atoms in total. The Morgan fingerprint density at radius 2 is 1.88 bits per heavy atom. The Morgan fingerprint density at radius 3 is 2.44 bits per heavy atom. The summed E-state index contributed by atoms with van der Waals surface area (Å²) in [6, 6.07) is 7.22. The van der Waals surface area contributed by atoms with Crippen molar-refractivity contribution in [2.24, 2.45) is 0 Å². The van der Waals surface area contributed by atoms with Crippen molar-refractivity contribution in [1.82, 2.24) is 10.3 Å². The summed E-state index contributed by atoms with van der Waals surface area (Å²) in [5.41, 5.74) is -0.595. The predicted octanol–water partition coefficient (Wildman–Crippen LogP) is 4.03. The van der Waals surface area contributed by atoms with Gasteiger partial charge in [0.1, 0.15) is 16.0 Å². The first kappa shape index (κ1) is 19.2. The van der Waals surface area contributed by atoms with Gasteiger partial charge < -0.3 is 14.8 Å². The zero-order chi connectivity index (χ0) is 18.4. The highest BCUT2D eigenvalue weighted by Gasteiger charge is 2.30. The molecule has 0 bridgehead atoms. The van der Waals surface area contributed by atoms with Gasteiger partial charge in [0.05, 0.1) is 12.2 Å². The molecule has 0 radical (unpaired) electrons. The Morgan fingerprint density at radius 1 is 1.20 bits per heavy atom. The van der Waals surface area contributed by atoms with E-state index in [1.807, 2.05) is 0 Å². The van der Waals surface area contributed by atoms with Crippen LogP contribution in [0.15, 0.2) is 41.0 Å². The van der Waals surface area contributed by atoms with E-state index in [2.05, 4.69) is 26.2 Å². The van der Waals surface area contributed by atoms with E-state index in [-0.39, 0.29) is 27.7 Å².